The second kappa shape index (κ2) is 36.1. The van der Waals surface area contributed by atoms with Gasteiger partial charge in [-0.3, -0.25) is 23.2 Å². The number of carbonyl (C=O) groups is 2. The Bertz CT molecular complexity index is 1990. The van der Waals surface area contributed by atoms with E-state index < -0.39 is 89.8 Å². The quantitative estimate of drug-likeness (QED) is 0.0119. The molecule has 19 nitrogen and oxygen atoms in total. The van der Waals surface area contributed by atoms with Gasteiger partial charge in [-0.1, -0.05) is 151 Å². The molecule has 1 aromatic heterocycles. The molecule has 1 aliphatic heterocycles. The van der Waals surface area contributed by atoms with E-state index >= 15 is 0 Å². The van der Waals surface area contributed by atoms with Crippen molar-refractivity contribution in [2.24, 2.45) is 5.92 Å². The first kappa shape index (κ1) is 62.3. The van der Waals surface area contributed by atoms with Gasteiger partial charge in [0, 0.05) is 19.0 Å². The van der Waals surface area contributed by atoms with Gasteiger partial charge in [-0.2, -0.15) is 9.29 Å². The van der Waals surface area contributed by atoms with Crippen LogP contribution in [0.5, 0.6) is 0 Å². The zero-order valence-electron chi connectivity index (χ0n) is 41.1. The van der Waals surface area contributed by atoms with Crippen LogP contribution < -0.4 is 11.4 Å². The molecule has 1 saturated heterocycles. The summed E-state index contributed by atoms with van der Waals surface area (Å²) >= 11 is 0. The zero-order chi connectivity index (χ0) is 51.6. The van der Waals surface area contributed by atoms with Crippen LogP contribution in [-0.4, -0.2) is 96.9 Å². The standard InChI is InChI=1S/C49H79N3O16P2/c1-4-5-6-7-8-9-10-11-12-13-14-15-18-21-24-27-30-40(53)32-33-44(54)63-36-41(66-45(55)31-28-25-22-19-16-17-20-23-26-29-39(2)3)37-64-69(59,60)68-70(61,62)65-38-42-46(56)47(57)48(67-42)52-35-34-43(50)51-49(52)58/h5-6,8-9,11-12,14-15,21,24,27,30,34-35,39-42,46-48,53,56-57H,4,7,10,13,16-20,22-23,25-26,28-29,31-33,36-38H2,1-3H3,(H,59,60)(H,61,62)(H2,50,51,58)/b6-5-,9-8-,12-11-,15-14-,24-21-,30-27-/t40?,41-,42-,46-,47-,48-/m1/s1. The summed E-state index contributed by atoms with van der Waals surface area (Å²) in [4.78, 5) is 61.8. The minimum absolute atomic E-state index is 0.00283. The van der Waals surface area contributed by atoms with Crippen LogP contribution in [0.4, 0.5) is 5.82 Å². The fraction of sp³-hybridized carbons (Fsp3) is 0.633. The van der Waals surface area contributed by atoms with Gasteiger partial charge in [-0.15, -0.1) is 0 Å². The van der Waals surface area contributed by atoms with Gasteiger partial charge in [0.1, 0.15) is 30.7 Å². The molecule has 0 radical (unpaired) electrons. The third-order valence-electron chi connectivity index (χ3n) is 10.6. The lowest BCUT2D eigenvalue weighted by atomic mass is 10.0. The van der Waals surface area contributed by atoms with Crippen LogP contribution in [0.25, 0.3) is 0 Å². The number of nitrogen functional groups attached to an aromatic ring is 1. The van der Waals surface area contributed by atoms with Crippen LogP contribution in [0.2, 0.25) is 0 Å². The van der Waals surface area contributed by atoms with Gasteiger partial charge in [0.05, 0.1) is 19.3 Å². The van der Waals surface area contributed by atoms with Crippen molar-refractivity contribution in [3.63, 3.8) is 0 Å². The van der Waals surface area contributed by atoms with Crippen LogP contribution in [0, 0.1) is 5.92 Å². The number of unbranched alkanes of at least 4 members (excludes halogenated alkanes) is 8. The predicted octanol–water partition coefficient (Wildman–Crippen LogP) is 8.55. The Labute approximate surface area is 413 Å². The molecule has 7 N–H and O–H groups in total. The summed E-state index contributed by atoms with van der Waals surface area (Å²) in [5.74, 6) is -0.882. The minimum atomic E-state index is -5.47. The number of aliphatic hydroxyl groups is 3. The van der Waals surface area contributed by atoms with Crippen molar-refractivity contribution in [2.45, 2.75) is 173 Å². The molecule has 0 aliphatic carbocycles. The number of phosphoric ester groups is 2. The van der Waals surface area contributed by atoms with Gasteiger partial charge in [-0.25, -0.2) is 13.9 Å². The van der Waals surface area contributed by atoms with Crippen molar-refractivity contribution in [1.29, 1.82) is 0 Å². The Hall–Kier alpha value is -3.84. The lowest BCUT2D eigenvalue weighted by Gasteiger charge is -2.21. The molecule has 21 heteroatoms. The highest BCUT2D eigenvalue weighted by Gasteiger charge is 2.46. The number of aromatic nitrogens is 2. The molecule has 1 aliphatic rings. The average Bonchev–Trinajstić information content (AvgIpc) is 3.58. The predicted molar refractivity (Wildman–Crippen MR) is 267 cm³/mol. The van der Waals surface area contributed by atoms with E-state index in [4.69, 9.17) is 29.0 Å². The van der Waals surface area contributed by atoms with E-state index in [0.717, 1.165) is 68.6 Å². The summed E-state index contributed by atoms with van der Waals surface area (Å²) < 4.78 is 56.5. The number of allylic oxidation sites excluding steroid dienone is 11. The third-order valence-corrected chi connectivity index (χ3v) is 13.2. The summed E-state index contributed by atoms with van der Waals surface area (Å²) in [5.41, 5.74) is 4.56. The average molecular weight is 1030 g/mol. The molecule has 1 fully saturated rings. The summed E-state index contributed by atoms with van der Waals surface area (Å²) in [6, 6.07) is 1.23. The van der Waals surface area contributed by atoms with Gasteiger partial charge >= 0.3 is 33.3 Å². The van der Waals surface area contributed by atoms with Crippen LogP contribution in [0.3, 0.4) is 0 Å². The van der Waals surface area contributed by atoms with Gasteiger partial charge in [0.15, 0.2) is 12.3 Å². The van der Waals surface area contributed by atoms with E-state index in [1.807, 2.05) is 12.2 Å². The van der Waals surface area contributed by atoms with Crippen LogP contribution in [-0.2, 0) is 46.3 Å². The van der Waals surface area contributed by atoms with Crippen LogP contribution in [0.15, 0.2) is 90.0 Å². The van der Waals surface area contributed by atoms with Crippen molar-refractivity contribution in [3.05, 3.63) is 95.7 Å². The smallest absolute Gasteiger partial charge is 0.462 e. The number of rotatable bonds is 38. The minimum Gasteiger partial charge on any atom is -0.462 e. The zero-order valence-corrected chi connectivity index (χ0v) is 42.9. The van der Waals surface area contributed by atoms with E-state index in [9.17, 15) is 48.6 Å². The molecular formula is C49H79N3O16P2. The third kappa shape index (κ3) is 29.5. The normalized spacial score (nSPS) is 20.4. The Balaban J connectivity index is 1.87. The van der Waals surface area contributed by atoms with Gasteiger partial charge in [-0.05, 0) is 56.9 Å². The van der Waals surface area contributed by atoms with E-state index in [2.05, 4.69) is 72.6 Å². The number of aliphatic hydroxyl groups excluding tert-OH is 3. The second-order valence-electron chi connectivity index (χ2n) is 17.3. The summed E-state index contributed by atoms with van der Waals surface area (Å²) in [6.45, 7) is 4.03. The number of ether oxygens (including phenoxy) is 3. The lowest BCUT2D eigenvalue weighted by Crippen LogP contribution is -2.36. The van der Waals surface area contributed by atoms with Crippen molar-refractivity contribution in [3.8, 4) is 0 Å². The highest BCUT2D eigenvalue weighted by atomic mass is 31.3. The Kier molecular flexibility index (Phi) is 32.1. The monoisotopic (exact) mass is 1030 g/mol. The number of esters is 2. The number of anilines is 1. The number of phosphoric acid groups is 2. The molecule has 8 atom stereocenters. The number of nitrogens with two attached hydrogens (primary N) is 1. The molecule has 396 valence electrons. The topological polar surface area (TPSA) is 286 Å². The second-order valence-corrected chi connectivity index (χ2v) is 20.3. The van der Waals surface area contributed by atoms with E-state index in [1.165, 1.54) is 37.8 Å². The molecule has 3 unspecified atom stereocenters. The lowest BCUT2D eigenvalue weighted by molar-refractivity contribution is -0.161. The first-order valence-electron chi connectivity index (χ1n) is 24.4. The molecule has 70 heavy (non-hydrogen) atoms. The molecule has 0 amide bonds. The largest absolute Gasteiger partial charge is 0.481 e. The van der Waals surface area contributed by atoms with Gasteiger partial charge < -0.3 is 45.1 Å². The molecule has 2 heterocycles. The molecule has 0 bridgehead atoms. The van der Waals surface area contributed by atoms with Gasteiger partial charge in [0.25, 0.3) is 0 Å². The Morgan fingerprint density at radius 1 is 0.771 bits per heavy atom. The first-order chi connectivity index (χ1) is 33.4. The Morgan fingerprint density at radius 3 is 1.94 bits per heavy atom. The molecule has 0 saturated carbocycles. The number of hydrogen-bond donors (Lipinski definition) is 6. The van der Waals surface area contributed by atoms with E-state index in [1.54, 1.807) is 12.2 Å². The maximum absolute atomic E-state index is 12.8. The van der Waals surface area contributed by atoms with Gasteiger partial charge in [0.2, 0.25) is 0 Å². The molecule has 0 aromatic carbocycles. The van der Waals surface area contributed by atoms with Crippen molar-refractivity contribution in [2.75, 3.05) is 25.6 Å². The highest BCUT2D eigenvalue weighted by molar-refractivity contribution is 7.61. The van der Waals surface area contributed by atoms with Crippen molar-refractivity contribution in [1.82, 2.24) is 9.55 Å². The highest BCUT2D eigenvalue weighted by Crippen LogP contribution is 2.60. The summed E-state index contributed by atoms with van der Waals surface area (Å²) in [7, 11) is -10.9. The maximum atomic E-state index is 12.8. The molecule has 1 aromatic rings. The first-order valence-corrected chi connectivity index (χ1v) is 27.4. The summed E-state index contributed by atoms with van der Waals surface area (Å²) in [6.07, 6.45) is 30.6. The number of carbonyl (C=O) groups excluding carboxylic acids is 2. The van der Waals surface area contributed by atoms with Crippen molar-refractivity contribution < 1.29 is 71.4 Å². The molecule has 2 rings (SSSR count). The Morgan fingerprint density at radius 2 is 1.34 bits per heavy atom. The van der Waals surface area contributed by atoms with Crippen molar-refractivity contribution >= 4 is 33.4 Å². The number of nitrogens with zero attached hydrogens (tertiary/aromatic N) is 2. The SMILES string of the molecule is CC/C=C\C/C=C\C/C=C\C/C=C\C/C=C\C=C/C(O)CCC(=O)OC[C@H](COP(=O)(O)OP(=O)(O)OC[C@H]1O[C@@H](n2ccc(N)nc2=O)[C@H](O)[C@@H]1O)OC(=O)CCCCCCCCCCCC(C)C. The fourth-order valence-corrected chi connectivity index (χ4v) is 8.89. The van der Waals surface area contributed by atoms with Crippen LogP contribution >= 0.6 is 15.6 Å². The van der Waals surface area contributed by atoms with Crippen LogP contribution in [0.1, 0.15) is 143 Å². The maximum Gasteiger partial charge on any atom is 0.481 e. The van der Waals surface area contributed by atoms with E-state index in [0.29, 0.717) is 18.8 Å². The fourth-order valence-electron chi connectivity index (χ4n) is 6.78. The molecular weight excluding hydrogens is 948 g/mol. The summed E-state index contributed by atoms with van der Waals surface area (Å²) in [5, 5.41) is 31.3. The van der Waals surface area contributed by atoms with E-state index in [-0.39, 0.29) is 25.1 Å². The number of hydrogen-bond acceptors (Lipinski definition) is 16. The molecule has 0 spiro atoms.